The van der Waals surface area contributed by atoms with E-state index in [4.69, 9.17) is 9.63 Å². The molecule has 2 rings (SSSR count). The van der Waals surface area contributed by atoms with Crippen molar-refractivity contribution in [2.45, 2.75) is 19.3 Å². The predicted octanol–water partition coefficient (Wildman–Crippen LogP) is 4.40. The van der Waals surface area contributed by atoms with Crippen LogP contribution in [0.3, 0.4) is 0 Å². The van der Waals surface area contributed by atoms with Crippen LogP contribution in [0.15, 0.2) is 46.9 Å². The molecule has 1 N–H and O–H groups in total. The normalized spacial score (nSPS) is 12.6. The maximum absolute atomic E-state index is 13.7. The summed E-state index contributed by atoms with van der Waals surface area (Å²) in [7, 11) is -2.49. The van der Waals surface area contributed by atoms with E-state index in [2.05, 4.69) is 25.2 Å². The molecule has 0 fully saturated rings. The van der Waals surface area contributed by atoms with Gasteiger partial charge >= 0.3 is 20.3 Å². The summed E-state index contributed by atoms with van der Waals surface area (Å²) < 4.78 is 52.0. The molecule has 0 aliphatic rings. The maximum Gasteiger partial charge on any atom is 0.390 e. The Balaban J connectivity index is 1.96. The summed E-state index contributed by atoms with van der Waals surface area (Å²) in [6.45, 7) is 0.410. The quantitative estimate of drug-likeness (QED) is 0.460. The van der Waals surface area contributed by atoms with Gasteiger partial charge in [0.25, 0.3) is 0 Å². The van der Waals surface area contributed by atoms with Gasteiger partial charge in [-0.3, -0.25) is 4.57 Å². The Bertz CT molecular complexity index is 829. The molecule has 0 aliphatic carbocycles. The van der Waals surface area contributed by atoms with Crippen molar-refractivity contribution in [3.8, 4) is 0 Å². The minimum absolute atomic E-state index is 0.0271. The molecule has 1 unspecified atom stereocenters. The number of carbonyl (C=O) groups excluding carboxylic acids is 1. The molecular weight excluding hydrogens is 449 g/mol. The van der Waals surface area contributed by atoms with Crippen LogP contribution in [0.2, 0.25) is 0 Å². The molecular formula is C17H16BrF2O6P. The first-order chi connectivity index (χ1) is 12.7. The van der Waals surface area contributed by atoms with Gasteiger partial charge in [-0.05, 0) is 35.4 Å². The van der Waals surface area contributed by atoms with Crippen molar-refractivity contribution in [2.24, 2.45) is 0 Å². The predicted molar refractivity (Wildman–Crippen MR) is 96.6 cm³/mol. The van der Waals surface area contributed by atoms with E-state index in [1.165, 1.54) is 19.2 Å². The number of hydrogen-bond acceptors (Lipinski definition) is 5. The smallest absolute Gasteiger partial charge is 0.390 e. The summed E-state index contributed by atoms with van der Waals surface area (Å²) in [5, 5.41) is 0. The van der Waals surface area contributed by atoms with Crippen LogP contribution in [0.4, 0.5) is 8.78 Å². The van der Waals surface area contributed by atoms with Gasteiger partial charge in [-0.1, -0.05) is 34.1 Å². The number of alkyl halides is 2. The molecule has 0 aromatic heterocycles. The molecule has 0 spiro atoms. The number of carbonyl (C=O) groups is 1. The average molecular weight is 465 g/mol. The van der Waals surface area contributed by atoms with Gasteiger partial charge < -0.3 is 14.4 Å². The first kappa shape index (κ1) is 21.7. The Hall–Kier alpha value is -1.64. The number of methoxy groups -OCH3 is 1. The van der Waals surface area contributed by atoms with Crippen LogP contribution in [-0.2, 0) is 37.9 Å². The number of hydrogen-bond donors (Lipinski definition) is 1. The summed E-state index contributed by atoms with van der Waals surface area (Å²) in [4.78, 5) is 19.9. The van der Waals surface area contributed by atoms with Crippen molar-refractivity contribution < 1.29 is 37.0 Å². The fourth-order valence-corrected chi connectivity index (χ4v) is 3.18. The van der Waals surface area contributed by atoms with Gasteiger partial charge in [0, 0.05) is 4.47 Å². The van der Waals surface area contributed by atoms with E-state index < -0.39 is 25.9 Å². The van der Waals surface area contributed by atoms with Gasteiger partial charge in [0.1, 0.15) is 0 Å². The summed E-state index contributed by atoms with van der Waals surface area (Å²) in [6, 6.07) is 10.6. The van der Waals surface area contributed by atoms with Crippen molar-refractivity contribution in [1.29, 1.82) is 0 Å². The molecule has 0 saturated heterocycles. The van der Waals surface area contributed by atoms with Crippen LogP contribution in [0.1, 0.15) is 27.0 Å². The first-order valence-corrected chi connectivity index (χ1v) is 9.62. The molecule has 6 nitrogen and oxygen atoms in total. The maximum atomic E-state index is 13.7. The lowest BCUT2D eigenvalue weighted by Gasteiger charge is -2.17. The summed E-state index contributed by atoms with van der Waals surface area (Å²) in [6.07, 6.45) is -3.88. The molecule has 0 amide bonds. The van der Waals surface area contributed by atoms with Crippen molar-refractivity contribution >= 4 is 30.2 Å². The molecule has 27 heavy (non-hydrogen) atoms. The standard InChI is InChI=1S/C17H16BrF2O6P/c1-24-16(21)13-5-2-11(3-6-13)9-25-10-12-4-7-14(15(18)8-12)17(19,20)26-27(22)23/h2-8,27H,9-10H2,1H3,(H,22,23). The summed E-state index contributed by atoms with van der Waals surface area (Å²) in [5.41, 5.74) is 1.31. The van der Waals surface area contributed by atoms with Crippen LogP contribution in [0.25, 0.3) is 0 Å². The van der Waals surface area contributed by atoms with E-state index in [0.29, 0.717) is 11.1 Å². The zero-order valence-corrected chi connectivity index (χ0v) is 16.7. The van der Waals surface area contributed by atoms with E-state index in [1.54, 1.807) is 24.3 Å². The highest BCUT2D eigenvalue weighted by Gasteiger charge is 2.37. The third kappa shape index (κ3) is 6.19. The molecule has 10 heteroatoms. The van der Waals surface area contributed by atoms with E-state index in [9.17, 15) is 18.1 Å². The van der Waals surface area contributed by atoms with Gasteiger partial charge in [0.05, 0.1) is 31.5 Å². The molecule has 2 aromatic rings. The number of benzene rings is 2. The van der Waals surface area contributed by atoms with Crippen LogP contribution in [0.5, 0.6) is 0 Å². The van der Waals surface area contributed by atoms with Crippen molar-refractivity contribution in [3.05, 3.63) is 69.2 Å². The molecule has 0 radical (unpaired) electrons. The van der Waals surface area contributed by atoms with Gasteiger partial charge in [0.2, 0.25) is 0 Å². The Morgan fingerprint density at radius 3 is 2.30 bits per heavy atom. The Labute approximate surface area is 163 Å². The van der Waals surface area contributed by atoms with E-state index in [1.807, 2.05) is 0 Å². The Morgan fingerprint density at radius 1 is 1.15 bits per heavy atom. The second kappa shape index (κ2) is 9.52. The van der Waals surface area contributed by atoms with Crippen molar-refractivity contribution in [2.75, 3.05) is 7.11 Å². The molecule has 0 bridgehead atoms. The van der Waals surface area contributed by atoms with Crippen molar-refractivity contribution in [3.63, 3.8) is 0 Å². The lowest BCUT2D eigenvalue weighted by molar-refractivity contribution is -0.186. The monoisotopic (exact) mass is 464 g/mol. The van der Waals surface area contributed by atoms with E-state index in [0.717, 1.165) is 11.6 Å². The molecule has 1 atom stereocenters. The minimum atomic E-state index is -3.88. The molecule has 0 aliphatic heterocycles. The zero-order valence-electron chi connectivity index (χ0n) is 14.1. The molecule has 0 saturated carbocycles. The highest BCUT2D eigenvalue weighted by Crippen LogP contribution is 2.40. The van der Waals surface area contributed by atoms with E-state index in [-0.39, 0.29) is 17.7 Å². The van der Waals surface area contributed by atoms with Crippen LogP contribution < -0.4 is 0 Å². The van der Waals surface area contributed by atoms with Gasteiger partial charge in [0.15, 0.2) is 0 Å². The lowest BCUT2D eigenvalue weighted by Crippen LogP contribution is -2.15. The number of halogens is 3. The number of esters is 1. The fourth-order valence-electron chi connectivity index (χ4n) is 2.19. The third-order valence-corrected chi connectivity index (χ3v) is 4.56. The molecule has 0 heterocycles. The topological polar surface area (TPSA) is 82.1 Å². The Kier molecular flexibility index (Phi) is 7.64. The van der Waals surface area contributed by atoms with E-state index >= 15 is 0 Å². The largest absolute Gasteiger partial charge is 0.465 e. The zero-order chi connectivity index (χ0) is 20.0. The van der Waals surface area contributed by atoms with Crippen LogP contribution in [-0.4, -0.2) is 18.0 Å². The minimum Gasteiger partial charge on any atom is -0.465 e. The van der Waals surface area contributed by atoms with Crippen LogP contribution in [0, 0.1) is 0 Å². The second-order valence-electron chi connectivity index (χ2n) is 5.38. The number of ether oxygens (including phenoxy) is 2. The third-order valence-electron chi connectivity index (χ3n) is 3.48. The fraction of sp³-hybridized carbons (Fsp3) is 0.235. The highest BCUT2D eigenvalue weighted by atomic mass is 79.9. The van der Waals surface area contributed by atoms with Crippen molar-refractivity contribution in [1.82, 2.24) is 0 Å². The highest BCUT2D eigenvalue weighted by molar-refractivity contribution is 9.10. The molecule has 2 aromatic carbocycles. The van der Waals surface area contributed by atoms with Gasteiger partial charge in [-0.2, -0.15) is 8.78 Å². The SMILES string of the molecule is COC(=O)c1ccc(COCc2ccc(C(F)(F)O[PH](=O)O)c(Br)c2)cc1. The van der Waals surface area contributed by atoms with Gasteiger partial charge in [-0.15, -0.1) is 0 Å². The second-order valence-corrected chi connectivity index (χ2v) is 6.97. The Morgan fingerprint density at radius 2 is 1.74 bits per heavy atom. The van der Waals surface area contributed by atoms with Crippen LogP contribution >= 0.6 is 24.2 Å². The number of rotatable bonds is 8. The first-order valence-electron chi connectivity index (χ1n) is 7.56. The summed E-state index contributed by atoms with van der Waals surface area (Å²) >= 11 is 3.01. The van der Waals surface area contributed by atoms with Gasteiger partial charge in [-0.25, -0.2) is 9.32 Å². The summed E-state index contributed by atoms with van der Waals surface area (Å²) in [5.74, 6) is -0.431. The lowest BCUT2D eigenvalue weighted by atomic mass is 10.1. The molecule has 146 valence electrons. The average Bonchev–Trinajstić information content (AvgIpc) is 2.60.